The minimum atomic E-state index is 0.511. The number of hydrogen-bond donors (Lipinski definition) is 1. The van der Waals surface area contributed by atoms with Gasteiger partial charge in [0.25, 0.3) is 0 Å². The average Bonchev–Trinajstić information content (AvgIpc) is 2.80. The van der Waals surface area contributed by atoms with Crippen LogP contribution >= 0.6 is 0 Å². The van der Waals surface area contributed by atoms with E-state index in [0.29, 0.717) is 5.95 Å². The monoisotopic (exact) mass is 215 g/mol. The highest BCUT2D eigenvalue weighted by Crippen LogP contribution is 2.11. The molecule has 0 unspecified atom stereocenters. The Balaban J connectivity index is 2.11. The Kier molecular flexibility index (Phi) is 2.95. The van der Waals surface area contributed by atoms with E-state index in [2.05, 4.69) is 25.1 Å². The number of hydrogen-bond acceptors (Lipinski definition) is 4. The number of nitrogens with zero attached hydrogens (tertiary/aromatic N) is 4. The summed E-state index contributed by atoms with van der Waals surface area (Å²) in [5, 5.41) is 6.38. The quantitative estimate of drug-likeness (QED) is 0.791. The van der Waals surface area contributed by atoms with Crippen molar-refractivity contribution in [2.45, 2.75) is 0 Å². The molecule has 5 nitrogen and oxygen atoms in total. The van der Waals surface area contributed by atoms with Gasteiger partial charge >= 0.3 is 0 Å². The van der Waals surface area contributed by atoms with E-state index < -0.39 is 0 Å². The van der Waals surface area contributed by atoms with Crippen molar-refractivity contribution in [3.63, 3.8) is 0 Å². The first-order valence-corrected chi connectivity index (χ1v) is 4.92. The first-order chi connectivity index (χ1) is 7.75. The molecule has 0 amide bonds. The fraction of sp³-hybridized carbons (Fsp3) is 0.182. The third-order valence-electron chi connectivity index (χ3n) is 2.15. The molecule has 0 aliphatic carbocycles. The number of rotatable bonds is 3. The fourth-order valence-corrected chi connectivity index (χ4v) is 1.26. The molecular formula is C11H13N5. The molecule has 0 aliphatic rings. The predicted molar refractivity (Wildman–Crippen MR) is 64.4 cm³/mol. The first-order valence-electron chi connectivity index (χ1n) is 4.92. The molecule has 0 atom stereocenters. The van der Waals surface area contributed by atoms with E-state index in [1.54, 1.807) is 6.21 Å². The number of aliphatic imine (C=N–C) groups is 1. The van der Waals surface area contributed by atoms with Crippen LogP contribution in [-0.4, -0.2) is 35.5 Å². The standard InChI is InChI=1S/C11H13N5/c1-16(2)10-5-3-9(4-6-10)7-12-11-13-8-14-15-11/h3-8H,1-2H3,(H,13,14,15)/b12-7+. The minimum absolute atomic E-state index is 0.511. The smallest absolute Gasteiger partial charge is 0.245 e. The van der Waals surface area contributed by atoms with Crippen LogP contribution in [0.25, 0.3) is 0 Å². The van der Waals surface area contributed by atoms with Gasteiger partial charge in [-0.25, -0.2) is 10.1 Å². The summed E-state index contributed by atoms with van der Waals surface area (Å²) in [5.41, 5.74) is 2.19. The largest absolute Gasteiger partial charge is 0.378 e. The number of aromatic amines is 1. The lowest BCUT2D eigenvalue weighted by Gasteiger charge is -2.11. The molecule has 0 radical (unpaired) electrons. The topological polar surface area (TPSA) is 57.2 Å². The van der Waals surface area contributed by atoms with Crippen molar-refractivity contribution in [1.29, 1.82) is 0 Å². The van der Waals surface area contributed by atoms with Crippen LogP contribution in [0.4, 0.5) is 11.6 Å². The molecule has 82 valence electrons. The molecule has 0 spiro atoms. The summed E-state index contributed by atoms with van der Waals surface area (Å²) in [5.74, 6) is 0.511. The molecule has 0 saturated carbocycles. The highest BCUT2D eigenvalue weighted by atomic mass is 15.2. The Morgan fingerprint density at radius 2 is 2.00 bits per heavy atom. The van der Waals surface area contributed by atoms with Crippen LogP contribution in [0.2, 0.25) is 0 Å². The van der Waals surface area contributed by atoms with E-state index in [0.717, 1.165) is 11.3 Å². The zero-order valence-corrected chi connectivity index (χ0v) is 9.25. The van der Waals surface area contributed by atoms with Gasteiger partial charge in [-0.1, -0.05) is 12.1 Å². The highest BCUT2D eigenvalue weighted by Gasteiger charge is 1.94. The predicted octanol–water partition coefficient (Wildman–Crippen LogP) is 1.62. The summed E-state index contributed by atoms with van der Waals surface area (Å²) in [4.78, 5) is 10.1. The lowest BCUT2D eigenvalue weighted by atomic mass is 10.2. The molecule has 1 heterocycles. The van der Waals surface area contributed by atoms with Crippen LogP contribution in [-0.2, 0) is 0 Å². The van der Waals surface area contributed by atoms with Crippen molar-refractivity contribution >= 4 is 17.9 Å². The second-order valence-corrected chi connectivity index (χ2v) is 3.55. The third kappa shape index (κ3) is 2.44. The molecule has 2 aromatic rings. The molecule has 1 aromatic heterocycles. The minimum Gasteiger partial charge on any atom is -0.378 e. The summed E-state index contributed by atoms with van der Waals surface area (Å²) in [6.07, 6.45) is 3.18. The van der Waals surface area contributed by atoms with E-state index in [4.69, 9.17) is 0 Å². The van der Waals surface area contributed by atoms with Crippen molar-refractivity contribution in [2.75, 3.05) is 19.0 Å². The van der Waals surface area contributed by atoms with Crippen molar-refractivity contribution in [3.8, 4) is 0 Å². The van der Waals surface area contributed by atoms with E-state index in [1.165, 1.54) is 6.33 Å². The lowest BCUT2D eigenvalue weighted by Crippen LogP contribution is -2.08. The first kappa shape index (κ1) is 10.4. The third-order valence-corrected chi connectivity index (χ3v) is 2.15. The van der Waals surface area contributed by atoms with Crippen LogP contribution in [0.3, 0.4) is 0 Å². The molecule has 2 rings (SSSR count). The number of H-pyrrole nitrogens is 1. The van der Waals surface area contributed by atoms with Gasteiger partial charge in [0.05, 0.1) is 0 Å². The SMILES string of the molecule is CN(C)c1ccc(/C=N/c2ncn[nH]2)cc1. The fourth-order valence-electron chi connectivity index (χ4n) is 1.26. The van der Waals surface area contributed by atoms with E-state index in [-0.39, 0.29) is 0 Å². The Hall–Kier alpha value is -2.17. The normalized spacial score (nSPS) is 10.9. The molecule has 1 aromatic carbocycles. The highest BCUT2D eigenvalue weighted by molar-refractivity contribution is 5.81. The van der Waals surface area contributed by atoms with Crippen LogP contribution in [0.15, 0.2) is 35.6 Å². The van der Waals surface area contributed by atoms with E-state index in [1.807, 2.05) is 38.4 Å². The Morgan fingerprint density at radius 1 is 1.25 bits per heavy atom. The van der Waals surface area contributed by atoms with E-state index >= 15 is 0 Å². The van der Waals surface area contributed by atoms with E-state index in [9.17, 15) is 0 Å². The maximum Gasteiger partial charge on any atom is 0.245 e. The van der Waals surface area contributed by atoms with Gasteiger partial charge in [-0.05, 0) is 17.7 Å². The van der Waals surface area contributed by atoms with Gasteiger partial charge < -0.3 is 4.90 Å². The Labute approximate surface area is 93.9 Å². The van der Waals surface area contributed by atoms with Crippen molar-refractivity contribution < 1.29 is 0 Å². The molecule has 0 fully saturated rings. The maximum absolute atomic E-state index is 4.14. The van der Waals surface area contributed by atoms with Crippen molar-refractivity contribution in [2.24, 2.45) is 4.99 Å². The average molecular weight is 215 g/mol. The van der Waals surface area contributed by atoms with Gasteiger partial charge in [-0.15, -0.1) is 0 Å². The maximum atomic E-state index is 4.14. The molecule has 5 heteroatoms. The van der Waals surface area contributed by atoms with Crippen molar-refractivity contribution in [3.05, 3.63) is 36.2 Å². The van der Waals surface area contributed by atoms with Crippen molar-refractivity contribution in [1.82, 2.24) is 15.2 Å². The molecule has 0 bridgehead atoms. The van der Waals surface area contributed by atoms with Crippen LogP contribution in [0.5, 0.6) is 0 Å². The number of nitrogens with one attached hydrogen (secondary N) is 1. The Morgan fingerprint density at radius 3 is 2.56 bits per heavy atom. The molecule has 0 aliphatic heterocycles. The van der Waals surface area contributed by atoms with Gasteiger partial charge in [0.15, 0.2) is 0 Å². The number of benzene rings is 1. The van der Waals surface area contributed by atoms with Crippen LogP contribution in [0.1, 0.15) is 5.56 Å². The lowest BCUT2D eigenvalue weighted by molar-refractivity contribution is 1.08. The van der Waals surface area contributed by atoms with Gasteiger partial charge in [0.2, 0.25) is 5.95 Å². The molecule has 0 saturated heterocycles. The second kappa shape index (κ2) is 4.57. The zero-order chi connectivity index (χ0) is 11.4. The van der Waals surface area contributed by atoms with Gasteiger partial charge in [-0.2, -0.15) is 10.1 Å². The summed E-state index contributed by atoms with van der Waals surface area (Å²) >= 11 is 0. The summed E-state index contributed by atoms with van der Waals surface area (Å²) in [6, 6.07) is 8.11. The summed E-state index contributed by atoms with van der Waals surface area (Å²) in [7, 11) is 4.02. The Bertz CT molecular complexity index is 456. The van der Waals surface area contributed by atoms with Gasteiger partial charge in [-0.3, -0.25) is 0 Å². The summed E-state index contributed by atoms with van der Waals surface area (Å²) < 4.78 is 0. The molecule has 16 heavy (non-hydrogen) atoms. The summed E-state index contributed by atoms with van der Waals surface area (Å²) in [6.45, 7) is 0. The molecule has 1 N–H and O–H groups in total. The number of anilines is 1. The zero-order valence-electron chi connectivity index (χ0n) is 9.25. The van der Waals surface area contributed by atoms with Crippen LogP contribution in [0, 0.1) is 0 Å². The van der Waals surface area contributed by atoms with Gasteiger partial charge in [0, 0.05) is 26.0 Å². The second-order valence-electron chi connectivity index (χ2n) is 3.55. The van der Waals surface area contributed by atoms with Crippen LogP contribution < -0.4 is 4.90 Å². The number of aromatic nitrogens is 3. The molecular weight excluding hydrogens is 202 g/mol. The van der Waals surface area contributed by atoms with Gasteiger partial charge in [0.1, 0.15) is 6.33 Å².